The number of hydrogen-bond donors (Lipinski definition) is 0. The first kappa shape index (κ1) is 13.5. The second-order valence-electron chi connectivity index (χ2n) is 4.55. The summed E-state index contributed by atoms with van der Waals surface area (Å²) in [4.78, 5) is 17.5. The third-order valence-electron chi connectivity index (χ3n) is 3.22. The van der Waals surface area contributed by atoms with Gasteiger partial charge in [0.15, 0.2) is 5.82 Å². The molecule has 0 fully saturated rings. The summed E-state index contributed by atoms with van der Waals surface area (Å²) < 4.78 is 39.2. The SMILES string of the molecule is O=C(c1ccncc1)N1CCn2c(nnc2C(F)(F)F)C1. The average Bonchev–Trinajstić information content (AvgIpc) is 2.90. The number of fused-ring (bicyclic) bond motifs is 1. The van der Waals surface area contributed by atoms with Crippen LogP contribution in [0.15, 0.2) is 24.5 Å². The molecular formula is C12H10F3N5O. The highest BCUT2D eigenvalue weighted by molar-refractivity contribution is 5.94. The maximum absolute atomic E-state index is 12.7. The van der Waals surface area contributed by atoms with E-state index in [9.17, 15) is 18.0 Å². The van der Waals surface area contributed by atoms with Crippen LogP contribution < -0.4 is 0 Å². The molecule has 0 saturated heterocycles. The molecule has 0 radical (unpaired) electrons. The van der Waals surface area contributed by atoms with E-state index in [1.807, 2.05) is 0 Å². The van der Waals surface area contributed by atoms with Crippen LogP contribution in [0.2, 0.25) is 0 Å². The Kier molecular flexibility index (Phi) is 3.11. The van der Waals surface area contributed by atoms with E-state index in [0.29, 0.717) is 5.56 Å². The molecule has 6 nitrogen and oxygen atoms in total. The quantitative estimate of drug-likeness (QED) is 0.797. The van der Waals surface area contributed by atoms with Crippen molar-refractivity contribution < 1.29 is 18.0 Å². The molecule has 0 unspecified atom stereocenters. The van der Waals surface area contributed by atoms with Crippen molar-refractivity contribution >= 4 is 5.91 Å². The fraction of sp³-hybridized carbons (Fsp3) is 0.333. The first-order valence-electron chi connectivity index (χ1n) is 6.15. The summed E-state index contributed by atoms with van der Waals surface area (Å²) in [7, 11) is 0. The Labute approximate surface area is 117 Å². The molecule has 2 aromatic rings. The normalized spacial score (nSPS) is 14.9. The smallest absolute Gasteiger partial charge is 0.329 e. The van der Waals surface area contributed by atoms with Gasteiger partial charge in [-0.2, -0.15) is 13.2 Å². The molecule has 0 aromatic carbocycles. The summed E-state index contributed by atoms with van der Waals surface area (Å²) >= 11 is 0. The molecule has 3 heterocycles. The molecule has 21 heavy (non-hydrogen) atoms. The van der Waals surface area contributed by atoms with Gasteiger partial charge in [-0.3, -0.25) is 9.78 Å². The molecule has 0 saturated carbocycles. The number of pyridine rings is 1. The number of aromatic nitrogens is 4. The number of amides is 1. The zero-order valence-corrected chi connectivity index (χ0v) is 10.7. The second kappa shape index (κ2) is 4.83. The maximum Gasteiger partial charge on any atom is 0.451 e. The summed E-state index contributed by atoms with van der Waals surface area (Å²) in [6.07, 6.45) is -1.56. The third-order valence-corrected chi connectivity index (χ3v) is 3.22. The van der Waals surface area contributed by atoms with Gasteiger partial charge in [0.25, 0.3) is 5.91 Å². The van der Waals surface area contributed by atoms with Crippen LogP contribution in [0, 0.1) is 0 Å². The highest BCUT2D eigenvalue weighted by atomic mass is 19.4. The van der Waals surface area contributed by atoms with Gasteiger partial charge < -0.3 is 9.47 Å². The molecule has 0 atom stereocenters. The van der Waals surface area contributed by atoms with Crippen LogP contribution in [0.1, 0.15) is 22.0 Å². The molecular weight excluding hydrogens is 287 g/mol. The topological polar surface area (TPSA) is 63.9 Å². The highest BCUT2D eigenvalue weighted by Gasteiger charge is 2.39. The van der Waals surface area contributed by atoms with Gasteiger partial charge in [0.2, 0.25) is 5.82 Å². The molecule has 1 amide bonds. The Balaban J connectivity index is 1.83. The first-order chi connectivity index (χ1) is 9.97. The molecule has 0 N–H and O–H groups in total. The van der Waals surface area contributed by atoms with Gasteiger partial charge >= 0.3 is 6.18 Å². The molecule has 2 aromatic heterocycles. The number of nitrogens with zero attached hydrogens (tertiary/aromatic N) is 5. The van der Waals surface area contributed by atoms with E-state index in [1.54, 1.807) is 12.1 Å². The molecule has 1 aliphatic rings. The summed E-state index contributed by atoms with van der Waals surface area (Å²) in [6, 6.07) is 3.12. The summed E-state index contributed by atoms with van der Waals surface area (Å²) in [6.45, 7) is 0.202. The largest absolute Gasteiger partial charge is 0.451 e. The van der Waals surface area contributed by atoms with Gasteiger partial charge in [0.1, 0.15) is 0 Å². The molecule has 1 aliphatic heterocycles. The molecule has 0 aliphatic carbocycles. The number of rotatable bonds is 1. The lowest BCUT2D eigenvalue weighted by Gasteiger charge is -2.28. The number of hydrogen-bond acceptors (Lipinski definition) is 4. The van der Waals surface area contributed by atoms with Crippen molar-refractivity contribution in [3.05, 3.63) is 41.7 Å². The van der Waals surface area contributed by atoms with Crippen molar-refractivity contribution in [2.75, 3.05) is 6.54 Å². The Morgan fingerprint density at radius 3 is 2.52 bits per heavy atom. The minimum absolute atomic E-state index is 0.00420. The van der Waals surface area contributed by atoms with Gasteiger partial charge in [-0.1, -0.05) is 0 Å². The number of carbonyl (C=O) groups is 1. The summed E-state index contributed by atoms with van der Waals surface area (Å²) in [5, 5.41) is 6.71. The van der Waals surface area contributed by atoms with Crippen molar-refractivity contribution in [1.29, 1.82) is 0 Å². The van der Waals surface area contributed by atoms with Gasteiger partial charge in [-0.15, -0.1) is 10.2 Å². The van der Waals surface area contributed by atoms with E-state index in [0.717, 1.165) is 4.57 Å². The van der Waals surface area contributed by atoms with Crippen molar-refractivity contribution in [3.8, 4) is 0 Å². The van der Waals surface area contributed by atoms with Crippen molar-refractivity contribution in [3.63, 3.8) is 0 Å². The van der Waals surface area contributed by atoms with Crippen LogP contribution in [-0.2, 0) is 19.3 Å². The Hall–Kier alpha value is -2.45. The fourth-order valence-corrected chi connectivity index (χ4v) is 2.22. The zero-order valence-electron chi connectivity index (χ0n) is 10.7. The third kappa shape index (κ3) is 2.46. The molecule has 9 heteroatoms. The van der Waals surface area contributed by atoms with Gasteiger partial charge in [-0.05, 0) is 12.1 Å². The standard InChI is InChI=1S/C12H10F3N5O/c13-12(14,15)11-18-17-9-7-19(5-6-20(9)11)10(21)8-1-3-16-4-2-8/h1-4H,5-7H2. The predicted octanol–water partition coefficient (Wildman–Crippen LogP) is 1.35. The maximum atomic E-state index is 12.7. The lowest BCUT2D eigenvalue weighted by molar-refractivity contribution is -0.147. The fourth-order valence-electron chi connectivity index (χ4n) is 2.22. The highest BCUT2D eigenvalue weighted by Crippen LogP contribution is 2.29. The molecule has 0 bridgehead atoms. The number of halogens is 3. The number of carbonyl (C=O) groups excluding carboxylic acids is 1. The zero-order chi connectivity index (χ0) is 15.0. The lowest BCUT2D eigenvalue weighted by atomic mass is 10.2. The van der Waals surface area contributed by atoms with Crippen molar-refractivity contribution in [1.82, 2.24) is 24.6 Å². The monoisotopic (exact) mass is 297 g/mol. The van der Waals surface area contributed by atoms with Crippen LogP contribution in [0.25, 0.3) is 0 Å². The first-order valence-corrected chi connectivity index (χ1v) is 6.15. The van der Waals surface area contributed by atoms with E-state index in [4.69, 9.17) is 0 Å². The van der Waals surface area contributed by atoms with E-state index < -0.39 is 12.0 Å². The van der Waals surface area contributed by atoms with E-state index in [2.05, 4.69) is 15.2 Å². The predicted molar refractivity (Wildman–Crippen MR) is 64.0 cm³/mol. The van der Waals surface area contributed by atoms with E-state index in [-0.39, 0.29) is 31.4 Å². The lowest BCUT2D eigenvalue weighted by Crippen LogP contribution is -2.39. The van der Waals surface area contributed by atoms with Crippen LogP contribution in [0.4, 0.5) is 13.2 Å². The molecule has 0 spiro atoms. The van der Waals surface area contributed by atoms with Crippen LogP contribution in [-0.4, -0.2) is 37.1 Å². The van der Waals surface area contributed by atoms with E-state index >= 15 is 0 Å². The van der Waals surface area contributed by atoms with E-state index in [1.165, 1.54) is 17.3 Å². The minimum Gasteiger partial charge on any atom is -0.329 e. The summed E-state index contributed by atoms with van der Waals surface area (Å²) in [5.41, 5.74) is 0.439. The van der Waals surface area contributed by atoms with Crippen LogP contribution >= 0.6 is 0 Å². The molecule has 110 valence electrons. The summed E-state index contributed by atoms with van der Waals surface area (Å²) in [5.74, 6) is -1.15. The van der Waals surface area contributed by atoms with Crippen LogP contribution in [0.3, 0.4) is 0 Å². The Bertz CT molecular complexity index is 667. The Morgan fingerprint density at radius 1 is 1.14 bits per heavy atom. The van der Waals surface area contributed by atoms with Gasteiger partial charge in [-0.25, -0.2) is 0 Å². The number of alkyl halides is 3. The van der Waals surface area contributed by atoms with Crippen molar-refractivity contribution in [2.45, 2.75) is 19.3 Å². The van der Waals surface area contributed by atoms with Crippen molar-refractivity contribution in [2.24, 2.45) is 0 Å². The average molecular weight is 297 g/mol. The second-order valence-corrected chi connectivity index (χ2v) is 4.55. The van der Waals surface area contributed by atoms with Gasteiger partial charge in [0, 0.05) is 31.0 Å². The minimum atomic E-state index is -4.54. The van der Waals surface area contributed by atoms with Crippen LogP contribution in [0.5, 0.6) is 0 Å². The Morgan fingerprint density at radius 2 is 1.86 bits per heavy atom. The van der Waals surface area contributed by atoms with Gasteiger partial charge in [0.05, 0.1) is 6.54 Å². The molecule has 3 rings (SSSR count).